The summed E-state index contributed by atoms with van der Waals surface area (Å²) in [4.78, 5) is 16.9. The molecule has 1 atom stereocenters. The van der Waals surface area contributed by atoms with Gasteiger partial charge >= 0.3 is 0 Å². The second kappa shape index (κ2) is 9.42. The van der Waals surface area contributed by atoms with Gasteiger partial charge in [-0.3, -0.25) is 4.79 Å². The molecule has 1 aromatic heterocycles. The summed E-state index contributed by atoms with van der Waals surface area (Å²) in [5, 5.41) is 7.31. The van der Waals surface area contributed by atoms with Gasteiger partial charge in [-0.25, -0.2) is 8.42 Å². The third-order valence-electron chi connectivity index (χ3n) is 5.53. The van der Waals surface area contributed by atoms with E-state index in [-0.39, 0.29) is 28.2 Å². The summed E-state index contributed by atoms with van der Waals surface area (Å²) in [5.74, 6) is -0.121. The van der Waals surface area contributed by atoms with Gasteiger partial charge in [-0.15, -0.1) is 0 Å². The molecule has 1 unspecified atom stereocenters. The molecule has 4 rings (SSSR count). The summed E-state index contributed by atoms with van der Waals surface area (Å²) in [6.07, 6.45) is 1.13. The number of carbonyl (C=O) groups excluding carboxylic acids is 1. The molecular formula is C22H22Cl2N4O4S. The highest BCUT2D eigenvalue weighted by Crippen LogP contribution is 2.32. The molecule has 3 aromatic rings. The zero-order valence-corrected chi connectivity index (χ0v) is 20.3. The van der Waals surface area contributed by atoms with Crippen molar-refractivity contribution in [1.29, 1.82) is 0 Å². The number of aromatic nitrogens is 2. The maximum atomic E-state index is 13.4. The summed E-state index contributed by atoms with van der Waals surface area (Å²) < 4.78 is 33.2. The van der Waals surface area contributed by atoms with E-state index in [1.54, 1.807) is 25.1 Å². The Morgan fingerprint density at radius 3 is 2.64 bits per heavy atom. The predicted molar refractivity (Wildman–Crippen MR) is 126 cm³/mol. The molecule has 0 bridgehead atoms. The van der Waals surface area contributed by atoms with E-state index in [1.165, 1.54) is 16.4 Å². The molecular weight excluding hydrogens is 487 g/mol. The first-order valence-electron chi connectivity index (χ1n) is 10.3. The Kier molecular flexibility index (Phi) is 6.76. The molecule has 0 spiro atoms. The number of nitrogens with one attached hydrogen (secondary N) is 1. The van der Waals surface area contributed by atoms with Crippen LogP contribution in [0.1, 0.15) is 24.3 Å². The molecule has 174 valence electrons. The average molecular weight is 509 g/mol. The van der Waals surface area contributed by atoms with Gasteiger partial charge < -0.3 is 9.84 Å². The van der Waals surface area contributed by atoms with Crippen LogP contribution in [-0.4, -0.2) is 41.9 Å². The SMILES string of the molecule is Cc1nc(-c2ccc(Cl)c(S(=O)(=O)N3CCCC(C(=O)Nc4ccc(C)c(Cl)c4)C3)c2)no1. The van der Waals surface area contributed by atoms with Gasteiger partial charge in [0.15, 0.2) is 0 Å². The highest BCUT2D eigenvalue weighted by molar-refractivity contribution is 7.89. The van der Waals surface area contributed by atoms with Crippen LogP contribution in [0, 0.1) is 19.8 Å². The number of hydrogen-bond donors (Lipinski definition) is 1. The third kappa shape index (κ3) is 5.06. The lowest BCUT2D eigenvalue weighted by Crippen LogP contribution is -2.43. The van der Waals surface area contributed by atoms with E-state index in [2.05, 4.69) is 15.5 Å². The van der Waals surface area contributed by atoms with E-state index in [9.17, 15) is 13.2 Å². The monoisotopic (exact) mass is 508 g/mol. The van der Waals surface area contributed by atoms with Crippen LogP contribution in [0.2, 0.25) is 10.0 Å². The first-order chi connectivity index (χ1) is 15.6. The lowest BCUT2D eigenvalue weighted by atomic mass is 9.98. The van der Waals surface area contributed by atoms with Gasteiger partial charge in [0.2, 0.25) is 27.6 Å². The molecule has 1 aliphatic rings. The van der Waals surface area contributed by atoms with Crippen LogP contribution in [-0.2, 0) is 14.8 Å². The van der Waals surface area contributed by atoms with Crippen molar-refractivity contribution in [2.45, 2.75) is 31.6 Å². The van der Waals surface area contributed by atoms with Crippen molar-refractivity contribution < 1.29 is 17.7 Å². The van der Waals surface area contributed by atoms with Crippen LogP contribution in [0.25, 0.3) is 11.4 Å². The zero-order valence-electron chi connectivity index (χ0n) is 18.0. The Bertz CT molecular complexity index is 1310. The lowest BCUT2D eigenvalue weighted by Gasteiger charge is -2.31. The van der Waals surface area contributed by atoms with Crippen molar-refractivity contribution in [2.24, 2.45) is 5.92 Å². The maximum absolute atomic E-state index is 13.4. The second-order valence-electron chi connectivity index (χ2n) is 7.94. The first kappa shape index (κ1) is 23.7. The van der Waals surface area contributed by atoms with Crippen molar-refractivity contribution in [3.05, 3.63) is 57.9 Å². The average Bonchev–Trinajstić information content (AvgIpc) is 3.23. The topological polar surface area (TPSA) is 105 Å². The minimum atomic E-state index is -3.95. The number of nitrogens with zero attached hydrogens (tertiary/aromatic N) is 3. The Hall–Kier alpha value is -2.46. The minimum Gasteiger partial charge on any atom is -0.339 e. The van der Waals surface area contributed by atoms with E-state index in [0.29, 0.717) is 41.6 Å². The van der Waals surface area contributed by atoms with E-state index < -0.39 is 15.9 Å². The number of carbonyl (C=O) groups is 1. The molecule has 0 saturated carbocycles. The van der Waals surface area contributed by atoms with E-state index in [4.69, 9.17) is 27.7 Å². The fourth-order valence-electron chi connectivity index (χ4n) is 3.69. The lowest BCUT2D eigenvalue weighted by molar-refractivity contribution is -0.120. The number of hydrogen-bond acceptors (Lipinski definition) is 6. The van der Waals surface area contributed by atoms with Gasteiger partial charge in [0, 0.05) is 36.3 Å². The molecule has 2 aromatic carbocycles. The van der Waals surface area contributed by atoms with Crippen molar-refractivity contribution in [3.63, 3.8) is 0 Å². The van der Waals surface area contributed by atoms with E-state index in [1.807, 2.05) is 13.0 Å². The van der Waals surface area contributed by atoms with Gasteiger partial charge in [0.25, 0.3) is 0 Å². The van der Waals surface area contributed by atoms with Gasteiger partial charge in [-0.05, 0) is 55.7 Å². The number of halogens is 2. The first-order valence-corrected chi connectivity index (χ1v) is 12.5. The molecule has 2 heterocycles. The number of sulfonamides is 1. The fraction of sp³-hybridized carbons (Fsp3) is 0.318. The highest BCUT2D eigenvalue weighted by Gasteiger charge is 2.34. The largest absolute Gasteiger partial charge is 0.339 e. The Labute approximate surface area is 201 Å². The van der Waals surface area contributed by atoms with Crippen LogP contribution in [0.15, 0.2) is 45.8 Å². The van der Waals surface area contributed by atoms with Crippen LogP contribution >= 0.6 is 23.2 Å². The second-order valence-corrected chi connectivity index (χ2v) is 10.7. The maximum Gasteiger partial charge on any atom is 0.244 e. The Balaban J connectivity index is 1.54. The van der Waals surface area contributed by atoms with Crippen LogP contribution < -0.4 is 5.32 Å². The third-order valence-corrected chi connectivity index (χ3v) is 8.28. The number of piperidine rings is 1. The molecule has 11 heteroatoms. The molecule has 1 saturated heterocycles. The summed E-state index contributed by atoms with van der Waals surface area (Å²) in [5.41, 5.74) is 1.94. The summed E-state index contributed by atoms with van der Waals surface area (Å²) in [7, 11) is -3.95. The van der Waals surface area contributed by atoms with Gasteiger partial charge in [-0.1, -0.05) is 34.4 Å². The number of amides is 1. The summed E-state index contributed by atoms with van der Waals surface area (Å²) >= 11 is 12.4. The molecule has 8 nitrogen and oxygen atoms in total. The number of rotatable bonds is 5. The van der Waals surface area contributed by atoms with Crippen molar-refractivity contribution in [1.82, 2.24) is 14.4 Å². The van der Waals surface area contributed by atoms with Crippen LogP contribution in [0.4, 0.5) is 5.69 Å². The summed E-state index contributed by atoms with van der Waals surface area (Å²) in [6.45, 7) is 3.87. The van der Waals surface area contributed by atoms with Crippen molar-refractivity contribution in [3.8, 4) is 11.4 Å². The summed E-state index contributed by atoms with van der Waals surface area (Å²) in [6, 6.07) is 9.81. The predicted octanol–water partition coefficient (Wildman–Crippen LogP) is 4.70. The fourth-order valence-corrected chi connectivity index (χ4v) is 5.89. The quantitative estimate of drug-likeness (QED) is 0.535. The zero-order chi connectivity index (χ0) is 23.8. The van der Waals surface area contributed by atoms with E-state index >= 15 is 0 Å². The standard InChI is InChI=1S/C22H22Cl2N4O4S/c1-13-5-7-17(11-19(13)24)26-22(29)16-4-3-9-28(12-16)33(30,31)20-10-15(6-8-18(20)23)21-25-14(2)32-27-21/h5-8,10-11,16H,3-4,9,12H2,1-2H3,(H,26,29). The molecule has 1 N–H and O–H groups in total. The van der Waals surface area contributed by atoms with Crippen LogP contribution in [0.3, 0.4) is 0 Å². The van der Waals surface area contributed by atoms with Crippen molar-refractivity contribution in [2.75, 3.05) is 18.4 Å². The minimum absolute atomic E-state index is 0.0512. The molecule has 1 aliphatic heterocycles. The number of anilines is 1. The highest BCUT2D eigenvalue weighted by atomic mass is 35.5. The number of benzene rings is 2. The van der Waals surface area contributed by atoms with E-state index in [0.717, 1.165) is 5.56 Å². The van der Waals surface area contributed by atoms with Gasteiger partial charge in [0.05, 0.1) is 10.9 Å². The molecule has 1 amide bonds. The molecule has 1 fully saturated rings. The smallest absolute Gasteiger partial charge is 0.244 e. The Morgan fingerprint density at radius 1 is 1.15 bits per heavy atom. The van der Waals surface area contributed by atoms with Crippen molar-refractivity contribution >= 4 is 44.8 Å². The number of aryl methyl sites for hydroxylation is 2. The molecule has 0 radical (unpaired) electrons. The molecule has 0 aliphatic carbocycles. The Morgan fingerprint density at radius 2 is 1.94 bits per heavy atom. The molecule has 33 heavy (non-hydrogen) atoms. The van der Waals surface area contributed by atoms with Crippen LogP contribution in [0.5, 0.6) is 0 Å². The normalized spacial score (nSPS) is 17.2. The van der Waals surface area contributed by atoms with Gasteiger partial charge in [-0.2, -0.15) is 9.29 Å². The van der Waals surface area contributed by atoms with Gasteiger partial charge in [0.1, 0.15) is 4.90 Å².